The van der Waals surface area contributed by atoms with Crippen LogP contribution in [0.5, 0.6) is 5.75 Å². The molecule has 0 radical (unpaired) electrons. The van der Waals surface area contributed by atoms with E-state index in [-0.39, 0.29) is 11.5 Å². The van der Waals surface area contributed by atoms with Gasteiger partial charge in [-0.1, -0.05) is 0 Å². The van der Waals surface area contributed by atoms with Gasteiger partial charge in [0.05, 0.1) is 12.2 Å². The summed E-state index contributed by atoms with van der Waals surface area (Å²) in [6, 6.07) is 12.2. The van der Waals surface area contributed by atoms with Crippen molar-refractivity contribution in [2.45, 2.75) is 6.92 Å². The van der Waals surface area contributed by atoms with Crippen molar-refractivity contribution in [3.05, 3.63) is 59.4 Å². The van der Waals surface area contributed by atoms with Gasteiger partial charge in [0.2, 0.25) is 0 Å². The fraction of sp³-hybridized carbons (Fsp3) is 0.125. The molecule has 0 heterocycles. The molecule has 1 N–H and O–H groups in total. The predicted octanol–water partition coefficient (Wildman–Crippen LogP) is 3.35. The van der Waals surface area contributed by atoms with Crippen molar-refractivity contribution in [2.24, 2.45) is 0 Å². The van der Waals surface area contributed by atoms with Crippen molar-refractivity contribution in [1.29, 1.82) is 5.26 Å². The van der Waals surface area contributed by atoms with Crippen molar-refractivity contribution in [2.75, 3.05) is 11.9 Å². The van der Waals surface area contributed by atoms with Crippen LogP contribution in [-0.4, -0.2) is 12.5 Å². The fourth-order valence-electron chi connectivity index (χ4n) is 1.76. The molecule has 1 amide bonds. The summed E-state index contributed by atoms with van der Waals surface area (Å²) in [5, 5.41) is 11.4. The molecule has 4 nitrogen and oxygen atoms in total. The first-order chi connectivity index (χ1) is 10.1. The minimum Gasteiger partial charge on any atom is -0.494 e. The van der Waals surface area contributed by atoms with Crippen LogP contribution in [0.4, 0.5) is 10.1 Å². The van der Waals surface area contributed by atoms with Crippen molar-refractivity contribution in [1.82, 2.24) is 0 Å². The number of benzene rings is 2. The van der Waals surface area contributed by atoms with Crippen LogP contribution in [0.25, 0.3) is 0 Å². The minimum atomic E-state index is -0.614. The molecule has 5 heteroatoms. The molecule has 0 fully saturated rings. The Morgan fingerprint density at radius 3 is 2.62 bits per heavy atom. The number of rotatable bonds is 4. The second kappa shape index (κ2) is 6.53. The van der Waals surface area contributed by atoms with Gasteiger partial charge in [-0.2, -0.15) is 5.26 Å². The third kappa shape index (κ3) is 3.57. The topological polar surface area (TPSA) is 62.1 Å². The van der Waals surface area contributed by atoms with Crippen LogP contribution in [-0.2, 0) is 0 Å². The summed E-state index contributed by atoms with van der Waals surface area (Å²) in [4.78, 5) is 12.0. The van der Waals surface area contributed by atoms with Crippen LogP contribution in [0.15, 0.2) is 42.5 Å². The summed E-state index contributed by atoms with van der Waals surface area (Å²) in [7, 11) is 0. The third-order valence-electron chi connectivity index (χ3n) is 2.77. The molecule has 0 atom stereocenters. The van der Waals surface area contributed by atoms with E-state index in [1.807, 2.05) is 6.92 Å². The number of nitrogens with one attached hydrogen (secondary N) is 1. The Morgan fingerprint density at radius 1 is 1.29 bits per heavy atom. The van der Waals surface area contributed by atoms with E-state index in [9.17, 15) is 9.18 Å². The largest absolute Gasteiger partial charge is 0.494 e. The van der Waals surface area contributed by atoms with Gasteiger partial charge in [0.1, 0.15) is 17.6 Å². The lowest BCUT2D eigenvalue weighted by molar-refractivity contribution is 0.102. The van der Waals surface area contributed by atoms with Crippen molar-refractivity contribution in [3.8, 4) is 11.8 Å². The van der Waals surface area contributed by atoms with Crippen molar-refractivity contribution in [3.63, 3.8) is 0 Å². The lowest BCUT2D eigenvalue weighted by Crippen LogP contribution is -2.12. The van der Waals surface area contributed by atoms with Gasteiger partial charge < -0.3 is 10.1 Å². The van der Waals surface area contributed by atoms with Crippen LogP contribution in [0, 0.1) is 17.1 Å². The van der Waals surface area contributed by atoms with E-state index < -0.39 is 5.82 Å². The number of hydrogen-bond donors (Lipinski definition) is 1. The quantitative estimate of drug-likeness (QED) is 0.936. The highest BCUT2D eigenvalue weighted by atomic mass is 19.1. The van der Waals surface area contributed by atoms with E-state index in [1.165, 1.54) is 12.1 Å². The smallest absolute Gasteiger partial charge is 0.255 e. The van der Waals surface area contributed by atoms with Gasteiger partial charge in [-0.15, -0.1) is 0 Å². The second-order valence-electron chi connectivity index (χ2n) is 4.22. The monoisotopic (exact) mass is 284 g/mol. The Bertz CT molecular complexity index is 690. The van der Waals surface area contributed by atoms with E-state index in [2.05, 4.69) is 5.32 Å². The maximum atomic E-state index is 13.2. The van der Waals surface area contributed by atoms with Gasteiger partial charge in [0.25, 0.3) is 5.91 Å². The van der Waals surface area contributed by atoms with E-state index in [0.29, 0.717) is 23.6 Å². The molecule has 0 unspecified atom stereocenters. The number of amides is 1. The SMILES string of the molecule is CCOc1ccc(C(=O)Nc2ccc(F)c(C#N)c2)cc1. The zero-order valence-electron chi connectivity index (χ0n) is 11.4. The lowest BCUT2D eigenvalue weighted by atomic mass is 10.1. The Morgan fingerprint density at radius 2 is 2.00 bits per heavy atom. The summed E-state index contributed by atoms with van der Waals surface area (Å²) >= 11 is 0. The van der Waals surface area contributed by atoms with Crippen molar-refractivity contribution < 1.29 is 13.9 Å². The van der Waals surface area contributed by atoms with Gasteiger partial charge in [0, 0.05) is 11.3 Å². The highest BCUT2D eigenvalue weighted by Crippen LogP contribution is 2.16. The Labute approximate surface area is 121 Å². The molecule has 2 rings (SSSR count). The molecule has 2 aromatic carbocycles. The number of carbonyl (C=O) groups excluding carboxylic acids is 1. The van der Waals surface area contributed by atoms with E-state index in [0.717, 1.165) is 6.07 Å². The number of anilines is 1. The number of halogens is 1. The molecule has 0 spiro atoms. The number of ether oxygens (including phenoxy) is 1. The molecule has 0 aromatic heterocycles. The van der Waals surface area contributed by atoms with Crippen LogP contribution >= 0.6 is 0 Å². The Balaban J connectivity index is 2.12. The van der Waals surface area contributed by atoms with Crippen LogP contribution in [0.1, 0.15) is 22.8 Å². The highest BCUT2D eigenvalue weighted by molar-refractivity contribution is 6.04. The standard InChI is InChI=1S/C16H13FN2O2/c1-2-21-14-6-3-11(4-7-14)16(20)19-13-5-8-15(17)12(9-13)10-18/h3-9H,2H2,1H3,(H,19,20). The van der Waals surface area contributed by atoms with Gasteiger partial charge in [-0.3, -0.25) is 4.79 Å². The van der Waals surface area contributed by atoms with Crippen LogP contribution < -0.4 is 10.1 Å². The number of hydrogen-bond acceptors (Lipinski definition) is 3. The fourth-order valence-corrected chi connectivity index (χ4v) is 1.76. The first-order valence-corrected chi connectivity index (χ1v) is 6.38. The van der Waals surface area contributed by atoms with Gasteiger partial charge in [-0.05, 0) is 49.4 Å². The molecule has 0 saturated carbocycles. The molecule has 0 aliphatic rings. The second-order valence-corrected chi connectivity index (χ2v) is 4.22. The van der Waals surface area contributed by atoms with E-state index in [1.54, 1.807) is 30.3 Å². The summed E-state index contributed by atoms with van der Waals surface area (Å²) in [6.07, 6.45) is 0. The average Bonchev–Trinajstić information content (AvgIpc) is 2.50. The molecule has 21 heavy (non-hydrogen) atoms. The molecule has 2 aromatic rings. The first-order valence-electron chi connectivity index (χ1n) is 6.38. The normalized spacial score (nSPS) is 9.76. The first kappa shape index (κ1) is 14.5. The molecule has 0 aliphatic heterocycles. The Hall–Kier alpha value is -2.87. The predicted molar refractivity (Wildman–Crippen MR) is 76.7 cm³/mol. The third-order valence-corrected chi connectivity index (χ3v) is 2.77. The zero-order chi connectivity index (χ0) is 15.2. The molecular weight excluding hydrogens is 271 g/mol. The molecule has 0 bridgehead atoms. The van der Waals surface area contributed by atoms with Crippen molar-refractivity contribution >= 4 is 11.6 Å². The summed E-state index contributed by atoms with van der Waals surface area (Å²) in [6.45, 7) is 2.43. The van der Waals surface area contributed by atoms with Gasteiger partial charge in [0.15, 0.2) is 0 Å². The molecule has 0 saturated heterocycles. The number of carbonyl (C=O) groups is 1. The zero-order valence-corrected chi connectivity index (χ0v) is 11.4. The maximum Gasteiger partial charge on any atom is 0.255 e. The molecule has 106 valence electrons. The van der Waals surface area contributed by atoms with Gasteiger partial charge >= 0.3 is 0 Å². The molecular formula is C16H13FN2O2. The maximum absolute atomic E-state index is 13.2. The Kier molecular flexibility index (Phi) is 4.52. The number of nitrogens with zero attached hydrogens (tertiary/aromatic N) is 1. The van der Waals surface area contributed by atoms with Crippen LogP contribution in [0.2, 0.25) is 0 Å². The van der Waals surface area contributed by atoms with Gasteiger partial charge in [-0.25, -0.2) is 4.39 Å². The highest BCUT2D eigenvalue weighted by Gasteiger charge is 2.08. The molecule has 0 aliphatic carbocycles. The summed E-state index contributed by atoms with van der Waals surface area (Å²) in [5.41, 5.74) is 0.701. The minimum absolute atomic E-state index is 0.112. The summed E-state index contributed by atoms with van der Waals surface area (Å²) in [5.74, 6) is -0.271. The average molecular weight is 284 g/mol. The van der Waals surface area contributed by atoms with E-state index in [4.69, 9.17) is 10.00 Å². The number of nitriles is 1. The van der Waals surface area contributed by atoms with E-state index >= 15 is 0 Å². The van der Waals surface area contributed by atoms with Crippen LogP contribution in [0.3, 0.4) is 0 Å². The summed E-state index contributed by atoms with van der Waals surface area (Å²) < 4.78 is 18.5. The lowest BCUT2D eigenvalue weighted by Gasteiger charge is -2.07.